The van der Waals surface area contributed by atoms with Crippen LogP contribution in [0.1, 0.15) is 30.7 Å². The molecule has 0 radical (unpaired) electrons. The number of nitrogens with zero attached hydrogens (tertiary/aromatic N) is 2. The highest BCUT2D eigenvalue weighted by atomic mass is 32.1. The maximum absolute atomic E-state index is 5.71. The zero-order chi connectivity index (χ0) is 13.7. The Hall–Kier alpha value is -1.27. The summed E-state index contributed by atoms with van der Waals surface area (Å²) in [5.41, 5.74) is 8.06. The minimum absolute atomic E-state index is 0.130. The molecule has 1 aromatic heterocycles. The van der Waals surface area contributed by atoms with E-state index in [0.29, 0.717) is 24.7 Å². The summed E-state index contributed by atoms with van der Waals surface area (Å²) in [4.78, 5) is 0.268. The molecule has 1 heterocycles. The van der Waals surface area contributed by atoms with Crippen molar-refractivity contribution in [1.29, 1.82) is 0 Å². The molecule has 1 aromatic rings. The molecule has 1 rings (SSSR count). The third-order valence-corrected chi connectivity index (χ3v) is 2.74. The van der Waals surface area contributed by atoms with Gasteiger partial charge in [0.25, 0.3) is 0 Å². The van der Waals surface area contributed by atoms with E-state index in [1.165, 1.54) is 0 Å². The quantitative estimate of drug-likeness (QED) is 0.790. The minimum atomic E-state index is -0.130. The first-order valence-corrected chi connectivity index (χ1v) is 6.26. The molecule has 5 nitrogen and oxygen atoms in total. The Labute approximate surface area is 113 Å². The summed E-state index contributed by atoms with van der Waals surface area (Å²) in [6.45, 7) is 8.73. The van der Waals surface area contributed by atoms with Gasteiger partial charge in [-0.1, -0.05) is 12.2 Å². The van der Waals surface area contributed by atoms with E-state index in [1.54, 1.807) is 0 Å². The van der Waals surface area contributed by atoms with Crippen molar-refractivity contribution in [3.63, 3.8) is 0 Å². The summed E-state index contributed by atoms with van der Waals surface area (Å²) in [6.07, 6.45) is -0.130. The maximum atomic E-state index is 5.71. The van der Waals surface area contributed by atoms with E-state index in [0.717, 1.165) is 11.3 Å². The molecule has 1 atom stereocenters. The van der Waals surface area contributed by atoms with Gasteiger partial charge in [-0.25, -0.2) is 0 Å². The van der Waals surface area contributed by atoms with Crippen LogP contribution in [0.2, 0.25) is 0 Å². The standard InChI is InChI=1S/C12H19N3O2S/c1-5-16-6-7(2)17-12-10(11(13)18)8(3)9(4)14-15-12/h7H,5-6H2,1-4H3,(H2,13,18). The number of ether oxygens (including phenoxy) is 2. The van der Waals surface area contributed by atoms with Crippen LogP contribution >= 0.6 is 12.2 Å². The highest BCUT2D eigenvalue weighted by molar-refractivity contribution is 7.80. The normalized spacial score (nSPS) is 12.2. The van der Waals surface area contributed by atoms with Crippen LogP contribution in [0.5, 0.6) is 5.88 Å². The lowest BCUT2D eigenvalue weighted by molar-refractivity contribution is 0.0626. The van der Waals surface area contributed by atoms with Crippen molar-refractivity contribution >= 4 is 17.2 Å². The SMILES string of the molecule is CCOCC(C)Oc1nnc(C)c(C)c1C(N)=S. The number of nitrogens with two attached hydrogens (primary N) is 1. The first kappa shape index (κ1) is 14.8. The van der Waals surface area contributed by atoms with Crippen molar-refractivity contribution in [3.8, 4) is 5.88 Å². The molecule has 0 saturated heterocycles. The number of aryl methyl sites for hydroxylation is 1. The molecule has 0 bridgehead atoms. The van der Waals surface area contributed by atoms with Gasteiger partial charge in [-0.3, -0.25) is 0 Å². The van der Waals surface area contributed by atoms with Gasteiger partial charge >= 0.3 is 0 Å². The summed E-state index contributed by atoms with van der Waals surface area (Å²) in [5, 5.41) is 8.04. The van der Waals surface area contributed by atoms with E-state index in [4.69, 9.17) is 27.4 Å². The van der Waals surface area contributed by atoms with Gasteiger partial charge in [-0.15, -0.1) is 5.10 Å². The molecule has 18 heavy (non-hydrogen) atoms. The molecule has 0 aliphatic heterocycles. The summed E-state index contributed by atoms with van der Waals surface area (Å²) in [7, 11) is 0. The predicted octanol–water partition coefficient (Wildman–Crippen LogP) is 1.53. The Morgan fingerprint density at radius 1 is 1.39 bits per heavy atom. The topological polar surface area (TPSA) is 70.3 Å². The molecule has 0 aromatic carbocycles. The Balaban J connectivity index is 2.95. The van der Waals surface area contributed by atoms with E-state index < -0.39 is 0 Å². The van der Waals surface area contributed by atoms with Crippen molar-refractivity contribution in [2.75, 3.05) is 13.2 Å². The molecule has 100 valence electrons. The second-order valence-electron chi connectivity index (χ2n) is 4.04. The van der Waals surface area contributed by atoms with Crippen LogP contribution in [0.4, 0.5) is 0 Å². The van der Waals surface area contributed by atoms with Crippen LogP contribution in [-0.2, 0) is 4.74 Å². The lowest BCUT2D eigenvalue weighted by Gasteiger charge is -2.17. The summed E-state index contributed by atoms with van der Waals surface area (Å²) >= 11 is 5.04. The van der Waals surface area contributed by atoms with Crippen LogP contribution in [0.15, 0.2) is 0 Å². The van der Waals surface area contributed by atoms with E-state index >= 15 is 0 Å². The Kier molecular flexibility index (Phi) is 5.43. The molecule has 0 saturated carbocycles. The van der Waals surface area contributed by atoms with Crippen molar-refractivity contribution in [3.05, 3.63) is 16.8 Å². The number of hydrogen-bond acceptors (Lipinski definition) is 5. The molecule has 0 aliphatic carbocycles. The van der Waals surface area contributed by atoms with Crippen LogP contribution in [0.3, 0.4) is 0 Å². The van der Waals surface area contributed by atoms with Gasteiger partial charge < -0.3 is 15.2 Å². The zero-order valence-corrected chi connectivity index (χ0v) is 12.0. The number of rotatable bonds is 6. The van der Waals surface area contributed by atoms with E-state index in [2.05, 4.69) is 10.2 Å². The molecular weight excluding hydrogens is 250 g/mol. The van der Waals surface area contributed by atoms with Crippen LogP contribution in [-0.4, -0.2) is 34.5 Å². The molecule has 6 heteroatoms. The minimum Gasteiger partial charge on any atom is -0.471 e. The fourth-order valence-electron chi connectivity index (χ4n) is 1.47. The molecule has 0 aliphatic rings. The molecular formula is C12H19N3O2S. The highest BCUT2D eigenvalue weighted by Crippen LogP contribution is 2.21. The summed E-state index contributed by atoms with van der Waals surface area (Å²) < 4.78 is 11.0. The van der Waals surface area contributed by atoms with Crippen LogP contribution in [0, 0.1) is 13.8 Å². The second-order valence-corrected chi connectivity index (χ2v) is 4.48. The molecule has 0 fully saturated rings. The Bertz CT molecular complexity index is 438. The average molecular weight is 269 g/mol. The van der Waals surface area contributed by atoms with Crippen LogP contribution < -0.4 is 10.5 Å². The smallest absolute Gasteiger partial charge is 0.244 e. The van der Waals surface area contributed by atoms with E-state index in [9.17, 15) is 0 Å². The second kappa shape index (κ2) is 6.61. The molecule has 0 amide bonds. The average Bonchev–Trinajstić information content (AvgIpc) is 2.31. The molecule has 0 spiro atoms. The van der Waals surface area contributed by atoms with Crippen molar-refractivity contribution in [2.45, 2.75) is 33.8 Å². The van der Waals surface area contributed by atoms with Crippen molar-refractivity contribution < 1.29 is 9.47 Å². The van der Waals surface area contributed by atoms with Gasteiger partial charge in [0, 0.05) is 6.61 Å². The van der Waals surface area contributed by atoms with Gasteiger partial charge in [0.05, 0.1) is 17.9 Å². The summed E-state index contributed by atoms with van der Waals surface area (Å²) in [5.74, 6) is 0.373. The van der Waals surface area contributed by atoms with Gasteiger partial charge in [0.1, 0.15) is 11.1 Å². The molecule has 2 N–H and O–H groups in total. The maximum Gasteiger partial charge on any atom is 0.244 e. The zero-order valence-electron chi connectivity index (χ0n) is 11.2. The third kappa shape index (κ3) is 3.61. The summed E-state index contributed by atoms with van der Waals surface area (Å²) in [6, 6.07) is 0. The first-order valence-electron chi connectivity index (χ1n) is 5.85. The fourth-order valence-corrected chi connectivity index (χ4v) is 1.71. The molecule has 1 unspecified atom stereocenters. The third-order valence-electron chi connectivity index (χ3n) is 2.54. The van der Waals surface area contributed by atoms with Gasteiger partial charge in [-0.2, -0.15) is 5.10 Å². The number of aromatic nitrogens is 2. The Morgan fingerprint density at radius 2 is 2.06 bits per heavy atom. The first-order chi connectivity index (χ1) is 8.47. The van der Waals surface area contributed by atoms with Crippen molar-refractivity contribution in [2.24, 2.45) is 5.73 Å². The lowest BCUT2D eigenvalue weighted by Crippen LogP contribution is -2.23. The number of hydrogen-bond donors (Lipinski definition) is 1. The van der Waals surface area contributed by atoms with E-state index in [1.807, 2.05) is 27.7 Å². The van der Waals surface area contributed by atoms with Crippen LogP contribution in [0.25, 0.3) is 0 Å². The highest BCUT2D eigenvalue weighted by Gasteiger charge is 2.17. The lowest BCUT2D eigenvalue weighted by atomic mass is 10.1. The monoisotopic (exact) mass is 269 g/mol. The number of thiocarbonyl (C=S) groups is 1. The van der Waals surface area contributed by atoms with Gasteiger partial charge in [-0.05, 0) is 33.3 Å². The van der Waals surface area contributed by atoms with Gasteiger partial charge in [0.2, 0.25) is 5.88 Å². The Morgan fingerprint density at radius 3 is 2.61 bits per heavy atom. The fraction of sp³-hybridized carbons (Fsp3) is 0.583. The largest absolute Gasteiger partial charge is 0.471 e. The van der Waals surface area contributed by atoms with Gasteiger partial charge in [0.15, 0.2) is 0 Å². The van der Waals surface area contributed by atoms with E-state index in [-0.39, 0.29) is 11.1 Å². The predicted molar refractivity (Wildman–Crippen MR) is 74.0 cm³/mol. The van der Waals surface area contributed by atoms with Crippen molar-refractivity contribution in [1.82, 2.24) is 10.2 Å².